The summed E-state index contributed by atoms with van der Waals surface area (Å²) in [4.78, 5) is 15.6. The highest BCUT2D eigenvalue weighted by molar-refractivity contribution is 7.15. The highest BCUT2D eigenvalue weighted by Gasteiger charge is 2.09. The zero-order valence-corrected chi connectivity index (χ0v) is 9.90. The molecule has 0 saturated heterocycles. The lowest BCUT2D eigenvalue weighted by molar-refractivity contribution is 0.102. The Morgan fingerprint density at radius 3 is 3.12 bits per heavy atom. The van der Waals surface area contributed by atoms with E-state index in [2.05, 4.69) is 20.5 Å². The van der Waals surface area contributed by atoms with Gasteiger partial charge < -0.3 is 4.74 Å². The fourth-order valence-electron chi connectivity index (χ4n) is 1.15. The van der Waals surface area contributed by atoms with Gasteiger partial charge in [-0.05, 0) is 12.1 Å². The second kappa shape index (κ2) is 5.46. The second-order valence-electron chi connectivity index (χ2n) is 3.13. The largest absolute Gasteiger partial charge is 0.377 e. The van der Waals surface area contributed by atoms with Crippen molar-refractivity contribution in [2.24, 2.45) is 0 Å². The Kier molecular flexibility index (Phi) is 3.73. The molecule has 2 aromatic rings. The summed E-state index contributed by atoms with van der Waals surface area (Å²) in [6.07, 6.45) is 3.10. The summed E-state index contributed by atoms with van der Waals surface area (Å²) < 4.78 is 4.92. The Morgan fingerprint density at radius 1 is 1.53 bits per heavy atom. The van der Waals surface area contributed by atoms with Crippen molar-refractivity contribution in [1.29, 1.82) is 0 Å². The van der Waals surface area contributed by atoms with E-state index >= 15 is 0 Å². The fourth-order valence-corrected chi connectivity index (χ4v) is 1.86. The number of ether oxygens (including phenoxy) is 1. The van der Waals surface area contributed by atoms with Gasteiger partial charge in [0.1, 0.15) is 11.6 Å². The van der Waals surface area contributed by atoms with E-state index in [1.165, 1.54) is 17.5 Å². The highest BCUT2D eigenvalue weighted by atomic mass is 32.1. The van der Waals surface area contributed by atoms with Crippen LogP contribution in [0.1, 0.15) is 15.4 Å². The van der Waals surface area contributed by atoms with E-state index in [1.807, 2.05) is 0 Å². The molecule has 2 aromatic heterocycles. The zero-order chi connectivity index (χ0) is 12.1. The summed E-state index contributed by atoms with van der Waals surface area (Å²) in [5, 5.41) is 11.5. The van der Waals surface area contributed by atoms with Crippen LogP contribution in [0, 0.1) is 0 Å². The normalized spacial score (nSPS) is 10.2. The predicted octanol–water partition coefficient (Wildman–Crippen LogP) is 1.33. The van der Waals surface area contributed by atoms with E-state index in [-0.39, 0.29) is 5.91 Å². The molecule has 7 heteroatoms. The van der Waals surface area contributed by atoms with Gasteiger partial charge in [-0.15, -0.1) is 10.2 Å². The van der Waals surface area contributed by atoms with Crippen molar-refractivity contribution < 1.29 is 9.53 Å². The van der Waals surface area contributed by atoms with Gasteiger partial charge in [0.15, 0.2) is 0 Å². The molecule has 0 bridgehead atoms. The minimum Gasteiger partial charge on any atom is -0.377 e. The number of nitrogens with zero attached hydrogens (tertiary/aromatic N) is 3. The van der Waals surface area contributed by atoms with E-state index in [4.69, 9.17) is 4.74 Å². The average Bonchev–Trinajstić information content (AvgIpc) is 2.78. The van der Waals surface area contributed by atoms with Crippen LogP contribution in [0.4, 0.5) is 5.13 Å². The minimum absolute atomic E-state index is 0.252. The molecular formula is C10H10N4O2S. The minimum atomic E-state index is -0.252. The smallest absolute Gasteiger partial charge is 0.259 e. The lowest BCUT2D eigenvalue weighted by Crippen LogP contribution is -2.11. The number of nitrogens with one attached hydrogen (secondary N) is 1. The van der Waals surface area contributed by atoms with Crippen LogP contribution in [0.15, 0.2) is 24.5 Å². The molecule has 0 fully saturated rings. The standard InChI is InChI=1S/C10H10N4O2S/c1-16-6-8-13-14-10(17-8)12-9(15)7-3-2-4-11-5-7/h2-5H,6H2,1H3,(H,12,14,15). The first-order valence-electron chi connectivity index (χ1n) is 4.82. The molecule has 0 aliphatic rings. The molecule has 1 amide bonds. The number of aromatic nitrogens is 3. The molecule has 0 aliphatic heterocycles. The number of hydrogen-bond acceptors (Lipinski definition) is 6. The third-order valence-electron chi connectivity index (χ3n) is 1.88. The average molecular weight is 250 g/mol. The number of anilines is 1. The Morgan fingerprint density at radius 2 is 2.41 bits per heavy atom. The van der Waals surface area contributed by atoms with Crippen molar-refractivity contribution in [3.05, 3.63) is 35.1 Å². The number of carbonyl (C=O) groups is 1. The summed E-state index contributed by atoms with van der Waals surface area (Å²) in [7, 11) is 1.58. The number of hydrogen-bond donors (Lipinski definition) is 1. The first kappa shape index (κ1) is 11.6. The highest BCUT2D eigenvalue weighted by Crippen LogP contribution is 2.16. The Hall–Kier alpha value is -1.86. The number of carbonyl (C=O) groups excluding carboxylic acids is 1. The van der Waals surface area contributed by atoms with Gasteiger partial charge in [-0.2, -0.15) is 0 Å². The van der Waals surface area contributed by atoms with E-state index in [0.717, 1.165) is 0 Å². The van der Waals surface area contributed by atoms with Gasteiger partial charge in [0.2, 0.25) is 5.13 Å². The molecule has 0 radical (unpaired) electrons. The molecule has 0 unspecified atom stereocenters. The van der Waals surface area contributed by atoms with Crippen molar-refractivity contribution in [3.8, 4) is 0 Å². The molecule has 0 saturated carbocycles. The molecule has 0 aliphatic carbocycles. The molecule has 1 N–H and O–H groups in total. The number of rotatable bonds is 4. The third kappa shape index (κ3) is 3.05. The number of pyridine rings is 1. The number of amides is 1. The summed E-state index contributed by atoms with van der Waals surface area (Å²) in [6, 6.07) is 3.38. The first-order chi connectivity index (χ1) is 8.29. The maximum atomic E-state index is 11.7. The summed E-state index contributed by atoms with van der Waals surface area (Å²) >= 11 is 1.28. The molecular weight excluding hydrogens is 240 g/mol. The van der Waals surface area contributed by atoms with Crippen molar-refractivity contribution in [2.75, 3.05) is 12.4 Å². The van der Waals surface area contributed by atoms with E-state index < -0.39 is 0 Å². The third-order valence-corrected chi connectivity index (χ3v) is 2.69. The number of methoxy groups -OCH3 is 1. The van der Waals surface area contributed by atoms with E-state index in [0.29, 0.717) is 22.3 Å². The van der Waals surface area contributed by atoms with Crippen LogP contribution in [0.5, 0.6) is 0 Å². The lowest BCUT2D eigenvalue weighted by Gasteiger charge is -1.99. The van der Waals surface area contributed by atoms with Crippen LogP contribution >= 0.6 is 11.3 Å². The van der Waals surface area contributed by atoms with Gasteiger partial charge in [0.25, 0.3) is 5.91 Å². The van der Waals surface area contributed by atoms with E-state index in [1.54, 1.807) is 25.4 Å². The lowest BCUT2D eigenvalue weighted by atomic mass is 10.3. The quantitative estimate of drug-likeness (QED) is 0.885. The molecule has 0 aromatic carbocycles. The summed E-state index contributed by atoms with van der Waals surface area (Å²) in [6.45, 7) is 0.389. The van der Waals surface area contributed by atoms with Crippen LogP contribution in [-0.2, 0) is 11.3 Å². The maximum absolute atomic E-state index is 11.7. The van der Waals surface area contributed by atoms with Crippen molar-refractivity contribution >= 4 is 22.4 Å². The topological polar surface area (TPSA) is 77.0 Å². The Labute approximate surface area is 102 Å². The fraction of sp³-hybridized carbons (Fsp3) is 0.200. The monoisotopic (exact) mass is 250 g/mol. The van der Waals surface area contributed by atoms with E-state index in [9.17, 15) is 4.79 Å². The van der Waals surface area contributed by atoms with Crippen molar-refractivity contribution in [2.45, 2.75) is 6.61 Å². The molecule has 2 rings (SSSR count). The van der Waals surface area contributed by atoms with Crippen LogP contribution < -0.4 is 5.32 Å². The molecule has 88 valence electrons. The molecule has 2 heterocycles. The maximum Gasteiger partial charge on any atom is 0.259 e. The van der Waals surface area contributed by atoms with Gasteiger partial charge in [-0.25, -0.2) is 0 Å². The van der Waals surface area contributed by atoms with Gasteiger partial charge >= 0.3 is 0 Å². The van der Waals surface area contributed by atoms with Gasteiger partial charge in [-0.1, -0.05) is 11.3 Å². The molecule has 17 heavy (non-hydrogen) atoms. The molecule has 6 nitrogen and oxygen atoms in total. The Balaban J connectivity index is 2.03. The Bertz CT molecular complexity index is 500. The van der Waals surface area contributed by atoms with Gasteiger partial charge in [0, 0.05) is 19.5 Å². The van der Waals surface area contributed by atoms with Crippen molar-refractivity contribution in [1.82, 2.24) is 15.2 Å². The van der Waals surface area contributed by atoms with Crippen LogP contribution in [0.25, 0.3) is 0 Å². The predicted molar refractivity (Wildman–Crippen MR) is 62.8 cm³/mol. The zero-order valence-electron chi connectivity index (χ0n) is 9.08. The molecule has 0 atom stereocenters. The first-order valence-corrected chi connectivity index (χ1v) is 5.64. The molecule has 0 spiro atoms. The van der Waals surface area contributed by atoms with Crippen LogP contribution in [0.2, 0.25) is 0 Å². The second-order valence-corrected chi connectivity index (χ2v) is 4.19. The van der Waals surface area contributed by atoms with Crippen LogP contribution in [0.3, 0.4) is 0 Å². The van der Waals surface area contributed by atoms with Gasteiger partial charge in [0.05, 0.1) is 5.56 Å². The van der Waals surface area contributed by atoms with Gasteiger partial charge in [-0.3, -0.25) is 15.1 Å². The van der Waals surface area contributed by atoms with Crippen molar-refractivity contribution in [3.63, 3.8) is 0 Å². The summed E-state index contributed by atoms with van der Waals surface area (Å²) in [5.74, 6) is -0.252. The van der Waals surface area contributed by atoms with Crippen LogP contribution in [-0.4, -0.2) is 28.2 Å². The SMILES string of the molecule is COCc1nnc(NC(=O)c2cccnc2)s1. The summed E-state index contributed by atoms with van der Waals surface area (Å²) in [5.41, 5.74) is 0.482.